The minimum Gasteiger partial charge on any atom is -0.478 e. The van der Waals surface area contributed by atoms with Gasteiger partial charge in [-0.3, -0.25) is 9.59 Å². The summed E-state index contributed by atoms with van der Waals surface area (Å²) < 4.78 is 0. The zero-order valence-electron chi connectivity index (χ0n) is 14.9. The van der Waals surface area contributed by atoms with Gasteiger partial charge < -0.3 is 14.9 Å². The largest absolute Gasteiger partial charge is 0.478 e. The van der Waals surface area contributed by atoms with Crippen molar-refractivity contribution >= 4 is 17.8 Å². The molecule has 0 spiro atoms. The molecule has 0 bridgehead atoms. The molecule has 1 aliphatic rings. The highest BCUT2D eigenvalue weighted by atomic mass is 16.4. The molecule has 2 rings (SSSR count). The Bertz CT molecular complexity index is 642. The number of carboxylic acid groups (broad SMARTS) is 1. The summed E-state index contributed by atoms with van der Waals surface area (Å²) in [6.07, 6.45) is 1.46. The Morgan fingerprint density at radius 2 is 1.68 bits per heavy atom. The van der Waals surface area contributed by atoms with Crippen LogP contribution in [0.3, 0.4) is 0 Å². The fraction of sp³-hybridized carbons (Fsp3) is 0.526. The highest BCUT2D eigenvalue weighted by Gasteiger charge is 2.23. The first-order valence-corrected chi connectivity index (χ1v) is 8.78. The van der Waals surface area contributed by atoms with Gasteiger partial charge in [-0.1, -0.05) is 32.0 Å². The number of aromatic carboxylic acids is 1. The number of aryl methyl sites for hydroxylation is 1. The van der Waals surface area contributed by atoms with E-state index in [1.165, 1.54) is 0 Å². The summed E-state index contributed by atoms with van der Waals surface area (Å²) in [7, 11) is 0. The number of hydrogen-bond donors (Lipinski definition) is 1. The molecule has 6 nitrogen and oxygen atoms in total. The Morgan fingerprint density at radius 1 is 1.04 bits per heavy atom. The summed E-state index contributed by atoms with van der Waals surface area (Å²) >= 11 is 0. The number of carbonyl (C=O) groups is 3. The molecular weight excluding hydrogens is 320 g/mol. The van der Waals surface area contributed by atoms with E-state index in [9.17, 15) is 19.5 Å². The number of benzene rings is 1. The van der Waals surface area contributed by atoms with Crippen LogP contribution in [-0.2, 0) is 16.0 Å². The standard InChI is InChI=1S/C19H26N2O4/c1-14(2)18(23)21-11-5-10-20(12-13-21)17(22)9-8-15-6-3-4-7-16(15)19(24)25/h3-4,6-7,14H,5,8-13H2,1-2H3,(H,24,25). The molecular formula is C19H26N2O4. The fourth-order valence-electron chi connectivity index (χ4n) is 3.10. The highest BCUT2D eigenvalue weighted by molar-refractivity contribution is 5.89. The molecule has 0 atom stereocenters. The van der Waals surface area contributed by atoms with E-state index in [1.807, 2.05) is 18.7 Å². The lowest BCUT2D eigenvalue weighted by atomic mass is 10.0. The predicted molar refractivity (Wildman–Crippen MR) is 94.3 cm³/mol. The molecule has 1 aliphatic heterocycles. The zero-order valence-corrected chi connectivity index (χ0v) is 14.9. The molecule has 136 valence electrons. The first-order chi connectivity index (χ1) is 11.9. The molecule has 25 heavy (non-hydrogen) atoms. The maximum atomic E-state index is 12.5. The normalized spacial score (nSPS) is 15.2. The minimum absolute atomic E-state index is 0.0130. The topological polar surface area (TPSA) is 77.9 Å². The third-order valence-corrected chi connectivity index (χ3v) is 4.51. The number of nitrogens with zero attached hydrogens (tertiary/aromatic N) is 2. The summed E-state index contributed by atoms with van der Waals surface area (Å²) in [5.74, 6) is -0.862. The lowest BCUT2D eigenvalue weighted by Gasteiger charge is -2.23. The number of carboxylic acids is 1. The summed E-state index contributed by atoms with van der Waals surface area (Å²) in [6, 6.07) is 6.78. The number of amides is 2. The second-order valence-electron chi connectivity index (χ2n) is 6.68. The van der Waals surface area contributed by atoms with Gasteiger partial charge in [0.2, 0.25) is 11.8 Å². The van der Waals surface area contributed by atoms with Crippen molar-refractivity contribution in [3.8, 4) is 0 Å². The molecule has 0 aliphatic carbocycles. The molecule has 1 aromatic carbocycles. The third kappa shape index (κ3) is 5.05. The molecule has 1 heterocycles. The average Bonchev–Trinajstić information content (AvgIpc) is 2.85. The zero-order chi connectivity index (χ0) is 18.4. The SMILES string of the molecule is CC(C)C(=O)N1CCCN(C(=O)CCc2ccccc2C(=O)O)CC1. The summed E-state index contributed by atoms with van der Waals surface area (Å²) in [4.78, 5) is 39.5. The fourth-order valence-corrected chi connectivity index (χ4v) is 3.10. The van der Waals surface area contributed by atoms with Crippen molar-refractivity contribution in [3.63, 3.8) is 0 Å². The van der Waals surface area contributed by atoms with E-state index in [0.29, 0.717) is 38.2 Å². The van der Waals surface area contributed by atoms with Crippen molar-refractivity contribution in [2.24, 2.45) is 5.92 Å². The van der Waals surface area contributed by atoms with E-state index in [4.69, 9.17) is 0 Å². The Hall–Kier alpha value is -2.37. The molecule has 6 heteroatoms. The van der Waals surface area contributed by atoms with E-state index >= 15 is 0 Å². The van der Waals surface area contributed by atoms with Crippen LogP contribution in [0.1, 0.15) is 42.6 Å². The molecule has 1 saturated heterocycles. The van der Waals surface area contributed by atoms with E-state index < -0.39 is 5.97 Å². The van der Waals surface area contributed by atoms with Crippen molar-refractivity contribution in [3.05, 3.63) is 35.4 Å². The van der Waals surface area contributed by atoms with E-state index in [1.54, 1.807) is 29.2 Å². The Balaban J connectivity index is 1.91. The van der Waals surface area contributed by atoms with Gasteiger partial charge in [0, 0.05) is 38.5 Å². The lowest BCUT2D eigenvalue weighted by Crippen LogP contribution is -2.39. The molecule has 2 amide bonds. The van der Waals surface area contributed by atoms with Crippen LogP contribution in [0.25, 0.3) is 0 Å². The van der Waals surface area contributed by atoms with Crippen LogP contribution in [0.15, 0.2) is 24.3 Å². The first-order valence-electron chi connectivity index (χ1n) is 8.78. The highest BCUT2D eigenvalue weighted by Crippen LogP contribution is 2.14. The van der Waals surface area contributed by atoms with Gasteiger partial charge in [0.05, 0.1) is 5.56 Å². The molecule has 1 aromatic rings. The average molecular weight is 346 g/mol. The maximum absolute atomic E-state index is 12.5. The van der Waals surface area contributed by atoms with Crippen LogP contribution in [0.2, 0.25) is 0 Å². The van der Waals surface area contributed by atoms with Gasteiger partial charge in [-0.15, -0.1) is 0 Å². The van der Waals surface area contributed by atoms with Crippen LogP contribution in [0.4, 0.5) is 0 Å². The van der Waals surface area contributed by atoms with Gasteiger partial charge >= 0.3 is 5.97 Å². The second-order valence-corrected chi connectivity index (χ2v) is 6.68. The molecule has 1 N–H and O–H groups in total. The molecule has 0 saturated carbocycles. The number of hydrogen-bond acceptors (Lipinski definition) is 3. The van der Waals surface area contributed by atoms with Crippen LogP contribution in [0.5, 0.6) is 0 Å². The van der Waals surface area contributed by atoms with Crippen LogP contribution < -0.4 is 0 Å². The molecule has 0 unspecified atom stereocenters. The predicted octanol–water partition coefficient (Wildman–Crippen LogP) is 2.03. The number of carbonyl (C=O) groups excluding carboxylic acids is 2. The Labute approximate surface area is 148 Å². The Morgan fingerprint density at radius 3 is 2.36 bits per heavy atom. The van der Waals surface area contributed by atoms with Gasteiger partial charge in [-0.2, -0.15) is 0 Å². The van der Waals surface area contributed by atoms with E-state index in [2.05, 4.69) is 0 Å². The van der Waals surface area contributed by atoms with Crippen molar-refractivity contribution in [2.45, 2.75) is 33.1 Å². The summed E-state index contributed by atoms with van der Waals surface area (Å²) in [5.41, 5.74) is 0.926. The summed E-state index contributed by atoms with van der Waals surface area (Å²) in [5, 5.41) is 9.21. The van der Waals surface area contributed by atoms with Crippen molar-refractivity contribution in [1.82, 2.24) is 9.80 Å². The second kappa shape index (κ2) is 8.65. The third-order valence-electron chi connectivity index (χ3n) is 4.51. The van der Waals surface area contributed by atoms with Gasteiger partial charge in [0.15, 0.2) is 0 Å². The quantitative estimate of drug-likeness (QED) is 0.885. The Kier molecular flexibility index (Phi) is 6.56. The monoisotopic (exact) mass is 346 g/mol. The van der Waals surface area contributed by atoms with Crippen molar-refractivity contribution in [2.75, 3.05) is 26.2 Å². The van der Waals surface area contributed by atoms with E-state index in [-0.39, 0.29) is 29.7 Å². The number of rotatable bonds is 5. The van der Waals surface area contributed by atoms with Crippen molar-refractivity contribution < 1.29 is 19.5 Å². The molecule has 0 aromatic heterocycles. The smallest absolute Gasteiger partial charge is 0.335 e. The maximum Gasteiger partial charge on any atom is 0.335 e. The van der Waals surface area contributed by atoms with Crippen molar-refractivity contribution in [1.29, 1.82) is 0 Å². The van der Waals surface area contributed by atoms with Gasteiger partial charge in [0.25, 0.3) is 0 Å². The van der Waals surface area contributed by atoms with Crippen LogP contribution >= 0.6 is 0 Å². The first kappa shape index (κ1) is 19.0. The minimum atomic E-state index is -0.972. The van der Waals surface area contributed by atoms with Crippen LogP contribution in [0, 0.1) is 5.92 Å². The van der Waals surface area contributed by atoms with Gasteiger partial charge in [-0.25, -0.2) is 4.79 Å². The van der Waals surface area contributed by atoms with Gasteiger partial charge in [-0.05, 0) is 24.5 Å². The molecule has 0 radical (unpaired) electrons. The lowest BCUT2D eigenvalue weighted by molar-refractivity contribution is -0.135. The molecule has 1 fully saturated rings. The van der Waals surface area contributed by atoms with E-state index in [0.717, 1.165) is 6.42 Å². The van der Waals surface area contributed by atoms with Crippen LogP contribution in [-0.4, -0.2) is 58.9 Å². The summed E-state index contributed by atoms with van der Waals surface area (Å²) in [6.45, 7) is 6.20. The van der Waals surface area contributed by atoms with Gasteiger partial charge in [0.1, 0.15) is 0 Å².